The van der Waals surface area contributed by atoms with E-state index in [4.69, 9.17) is 4.74 Å². The molecule has 0 unspecified atom stereocenters. The summed E-state index contributed by atoms with van der Waals surface area (Å²) in [5, 5.41) is 3.00. The molecule has 0 aliphatic carbocycles. The van der Waals surface area contributed by atoms with Crippen LogP contribution >= 0.6 is 0 Å². The molecule has 0 spiro atoms. The van der Waals surface area contributed by atoms with E-state index in [1.807, 2.05) is 7.05 Å². The molecule has 100 valence electrons. The van der Waals surface area contributed by atoms with Crippen molar-refractivity contribution < 1.29 is 13.9 Å². The normalized spacial score (nSPS) is 10.2. The van der Waals surface area contributed by atoms with E-state index in [0.29, 0.717) is 12.3 Å². The molecule has 1 rings (SSSR count). The fourth-order valence-electron chi connectivity index (χ4n) is 1.60. The van der Waals surface area contributed by atoms with E-state index in [1.54, 1.807) is 13.1 Å². The van der Waals surface area contributed by atoms with Crippen molar-refractivity contribution in [3.05, 3.63) is 29.6 Å². The van der Waals surface area contributed by atoms with E-state index in [2.05, 4.69) is 5.32 Å². The van der Waals surface area contributed by atoms with E-state index in [-0.39, 0.29) is 11.5 Å². The molecule has 18 heavy (non-hydrogen) atoms. The van der Waals surface area contributed by atoms with Gasteiger partial charge in [-0.05, 0) is 32.1 Å². The van der Waals surface area contributed by atoms with Crippen molar-refractivity contribution in [1.29, 1.82) is 0 Å². The van der Waals surface area contributed by atoms with E-state index in [0.717, 1.165) is 13.0 Å². The second kappa shape index (κ2) is 6.96. The molecular weight excluding hydrogens is 235 g/mol. The number of nitrogens with zero attached hydrogens (tertiary/aromatic N) is 1. The van der Waals surface area contributed by atoms with E-state index in [9.17, 15) is 9.18 Å². The standard InChI is InChI=1S/C13H19FN2O2/c1-15-7-4-8-16(2)13(17)11-6-5-10(18-3)9-12(11)14/h5-6,9,15H,4,7-8H2,1-3H3. The van der Waals surface area contributed by atoms with Crippen LogP contribution in [0.5, 0.6) is 5.75 Å². The first-order chi connectivity index (χ1) is 8.60. The lowest BCUT2D eigenvalue weighted by molar-refractivity contribution is 0.0789. The molecule has 1 aromatic rings. The monoisotopic (exact) mass is 254 g/mol. The van der Waals surface area contributed by atoms with Gasteiger partial charge in [0.15, 0.2) is 0 Å². The fourth-order valence-corrected chi connectivity index (χ4v) is 1.60. The maximum absolute atomic E-state index is 13.7. The number of methoxy groups -OCH3 is 1. The first kappa shape index (κ1) is 14.4. The zero-order chi connectivity index (χ0) is 13.5. The van der Waals surface area contributed by atoms with E-state index < -0.39 is 5.82 Å². The molecule has 4 nitrogen and oxygen atoms in total. The molecule has 1 aromatic carbocycles. The van der Waals surface area contributed by atoms with Crippen LogP contribution in [-0.2, 0) is 0 Å². The second-order valence-electron chi connectivity index (χ2n) is 4.03. The molecule has 0 radical (unpaired) electrons. The minimum absolute atomic E-state index is 0.0720. The number of hydrogen-bond donors (Lipinski definition) is 1. The molecule has 0 bridgehead atoms. The maximum atomic E-state index is 13.7. The number of amides is 1. The van der Waals surface area contributed by atoms with Crippen molar-refractivity contribution in [2.24, 2.45) is 0 Å². The zero-order valence-electron chi connectivity index (χ0n) is 11.0. The highest BCUT2D eigenvalue weighted by molar-refractivity contribution is 5.94. The third kappa shape index (κ3) is 3.70. The Bertz CT molecular complexity index is 410. The molecule has 0 saturated heterocycles. The zero-order valence-corrected chi connectivity index (χ0v) is 11.0. The van der Waals surface area contributed by atoms with E-state index >= 15 is 0 Å². The summed E-state index contributed by atoms with van der Waals surface area (Å²) in [6, 6.07) is 4.25. The third-order valence-electron chi connectivity index (χ3n) is 2.67. The first-order valence-electron chi connectivity index (χ1n) is 5.83. The molecule has 0 aliphatic heterocycles. The summed E-state index contributed by atoms with van der Waals surface area (Å²) < 4.78 is 18.6. The largest absolute Gasteiger partial charge is 0.497 e. The van der Waals surface area contributed by atoms with Gasteiger partial charge in [-0.25, -0.2) is 4.39 Å². The lowest BCUT2D eigenvalue weighted by atomic mass is 10.1. The number of ether oxygens (including phenoxy) is 1. The Hall–Kier alpha value is -1.62. The minimum Gasteiger partial charge on any atom is -0.497 e. The topological polar surface area (TPSA) is 41.6 Å². The molecule has 0 aliphatic rings. The van der Waals surface area contributed by atoms with Crippen LogP contribution in [-0.4, -0.2) is 45.1 Å². The number of carbonyl (C=O) groups excluding carboxylic acids is 1. The summed E-state index contributed by atoms with van der Waals surface area (Å²) in [6.07, 6.45) is 0.830. The second-order valence-corrected chi connectivity index (χ2v) is 4.03. The quantitative estimate of drug-likeness (QED) is 0.782. The number of carbonyl (C=O) groups is 1. The van der Waals surface area contributed by atoms with Crippen molar-refractivity contribution in [3.8, 4) is 5.75 Å². The summed E-state index contributed by atoms with van der Waals surface area (Å²) in [5.74, 6) is -0.465. The number of rotatable bonds is 6. The summed E-state index contributed by atoms with van der Waals surface area (Å²) in [5.41, 5.74) is 0.0720. The molecule has 1 amide bonds. The average molecular weight is 254 g/mol. The highest BCUT2D eigenvalue weighted by atomic mass is 19.1. The Kier molecular flexibility index (Phi) is 5.58. The van der Waals surface area contributed by atoms with Gasteiger partial charge in [-0.15, -0.1) is 0 Å². The highest BCUT2D eigenvalue weighted by Gasteiger charge is 2.16. The predicted molar refractivity (Wildman–Crippen MR) is 68.5 cm³/mol. The van der Waals surface area contributed by atoms with Crippen molar-refractivity contribution in [2.75, 3.05) is 34.3 Å². The van der Waals surface area contributed by atoms with Crippen LogP contribution in [0.25, 0.3) is 0 Å². The Morgan fingerprint density at radius 1 is 1.50 bits per heavy atom. The minimum atomic E-state index is -0.556. The van der Waals surface area contributed by atoms with E-state index in [1.165, 1.54) is 24.1 Å². The lowest BCUT2D eigenvalue weighted by Gasteiger charge is -2.17. The number of benzene rings is 1. The van der Waals surface area contributed by atoms with Gasteiger partial charge in [-0.1, -0.05) is 0 Å². The summed E-state index contributed by atoms with van der Waals surface area (Å²) in [7, 11) is 4.98. The molecule has 0 aromatic heterocycles. The smallest absolute Gasteiger partial charge is 0.256 e. The maximum Gasteiger partial charge on any atom is 0.256 e. The molecule has 5 heteroatoms. The Balaban J connectivity index is 2.71. The van der Waals surface area contributed by atoms with Gasteiger partial charge in [0.1, 0.15) is 11.6 Å². The summed E-state index contributed by atoms with van der Waals surface area (Å²) in [4.78, 5) is 13.5. The molecule has 1 N–H and O–H groups in total. The fraction of sp³-hybridized carbons (Fsp3) is 0.462. The van der Waals surface area contributed by atoms with Crippen molar-refractivity contribution in [2.45, 2.75) is 6.42 Å². The van der Waals surface area contributed by atoms with Gasteiger partial charge in [-0.2, -0.15) is 0 Å². The van der Waals surface area contributed by atoms with Gasteiger partial charge in [0, 0.05) is 19.7 Å². The lowest BCUT2D eigenvalue weighted by Crippen LogP contribution is -2.30. The number of nitrogens with one attached hydrogen (secondary N) is 1. The van der Waals surface area contributed by atoms with Crippen molar-refractivity contribution in [3.63, 3.8) is 0 Å². The Morgan fingerprint density at radius 3 is 2.78 bits per heavy atom. The molecule has 0 atom stereocenters. The van der Waals surface area contributed by atoms with Gasteiger partial charge < -0.3 is 15.0 Å². The van der Waals surface area contributed by atoms with Gasteiger partial charge in [-0.3, -0.25) is 4.79 Å². The van der Waals surface area contributed by atoms with Crippen LogP contribution in [0.3, 0.4) is 0 Å². The SMILES string of the molecule is CNCCCN(C)C(=O)c1ccc(OC)cc1F. The first-order valence-corrected chi connectivity index (χ1v) is 5.83. The van der Waals surface area contributed by atoms with Crippen LogP contribution in [0, 0.1) is 5.82 Å². The van der Waals surface area contributed by atoms with Crippen LogP contribution in [0.1, 0.15) is 16.8 Å². The number of hydrogen-bond acceptors (Lipinski definition) is 3. The Labute approximate surface area is 107 Å². The average Bonchev–Trinajstić information content (AvgIpc) is 2.38. The third-order valence-corrected chi connectivity index (χ3v) is 2.67. The number of halogens is 1. The molecular formula is C13H19FN2O2. The van der Waals surface area contributed by atoms with Gasteiger partial charge in [0.05, 0.1) is 12.7 Å². The van der Waals surface area contributed by atoms with Crippen molar-refractivity contribution in [1.82, 2.24) is 10.2 Å². The Morgan fingerprint density at radius 2 is 2.22 bits per heavy atom. The van der Waals surface area contributed by atoms with Crippen LogP contribution in [0.15, 0.2) is 18.2 Å². The van der Waals surface area contributed by atoms with Crippen molar-refractivity contribution >= 4 is 5.91 Å². The highest BCUT2D eigenvalue weighted by Crippen LogP contribution is 2.17. The van der Waals surface area contributed by atoms with Crippen LogP contribution < -0.4 is 10.1 Å². The van der Waals surface area contributed by atoms with Crippen LogP contribution in [0.2, 0.25) is 0 Å². The molecule has 0 saturated carbocycles. The summed E-state index contributed by atoms with van der Waals surface area (Å²) in [6.45, 7) is 1.41. The summed E-state index contributed by atoms with van der Waals surface area (Å²) >= 11 is 0. The predicted octanol–water partition coefficient (Wildman–Crippen LogP) is 1.52. The van der Waals surface area contributed by atoms with Crippen LogP contribution in [0.4, 0.5) is 4.39 Å². The molecule has 0 heterocycles. The van der Waals surface area contributed by atoms with Gasteiger partial charge >= 0.3 is 0 Å². The van der Waals surface area contributed by atoms with Gasteiger partial charge in [0.25, 0.3) is 5.91 Å². The molecule has 0 fully saturated rings. The van der Waals surface area contributed by atoms with Gasteiger partial charge in [0.2, 0.25) is 0 Å².